The van der Waals surface area contributed by atoms with Gasteiger partial charge in [0.15, 0.2) is 0 Å². The van der Waals surface area contributed by atoms with Crippen LogP contribution in [-0.2, 0) is 9.53 Å². The highest BCUT2D eigenvalue weighted by Gasteiger charge is 2.49. The highest BCUT2D eigenvalue weighted by Crippen LogP contribution is 2.43. The van der Waals surface area contributed by atoms with Crippen molar-refractivity contribution in [3.63, 3.8) is 0 Å². The van der Waals surface area contributed by atoms with Crippen LogP contribution >= 0.6 is 0 Å². The fraction of sp³-hybridized carbons (Fsp3) is 0.727. The minimum atomic E-state index is -0.480. The molecule has 28 heavy (non-hydrogen) atoms. The lowest BCUT2D eigenvalue weighted by atomic mass is 9.76. The quantitative estimate of drug-likeness (QED) is 0.233. The standard InChI is InChI=1S/C22H36N4O2/c1-22(20(23)25-13-7-10-15-8-5-4-6-9-15)17-12-11-16(19(27)28-3)14-18(17)26-21(22)24-2/h12,14-16,21,24,26H,4-11,13H2,1-3H3,(H2,23,25). The zero-order chi connectivity index (χ0) is 20.1. The number of carbonyl (C=O) groups excluding carboxylic acids is 1. The summed E-state index contributed by atoms with van der Waals surface area (Å²) in [4.78, 5) is 11.9. The molecule has 1 heterocycles. The number of hydrogen-bond donors (Lipinski definition) is 4. The van der Waals surface area contributed by atoms with Crippen molar-refractivity contribution in [1.29, 1.82) is 5.41 Å². The molecule has 2 aliphatic carbocycles. The van der Waals surface area contributed by atoms with E-state index >= 15 is 0 Å². The summed E-state index contributed by atoms with van der Waals surface area (Å²) in [6.45, 7) is 2.95. The molecular weight excluding hydrogens is 352 g/mol. The van der Waals surface area contributed by atoms with E-state index in [1.165, 1.54) is 45.6 Å². The first-order chi connectivity index (χ1) is 13.5. The van der Waals surface area contributed by atoms with Crippen molar-refractivity contribution in [2.75, 3.05) is 20.7 Å². The van der Waals surface area contributed by atoms with Crippen LogP contribution < -0.4 is 16.0 Å². The summed E-state index contributed by atoms with van der Waals surface area (Å²) in [6, 6.07) is 0. The number of esters is 1. The van der Waals surface area contributed by atoms with E-state index in [4.69, 9.17) is 10.1 Å². The van der Waals surface area contributed by atoms with Crippen LogP contribution in [0.5, 0.6) is 0 Å². The van der Waals surface area contributed by atoms with Gasteiger partial charge in [-0.3, -0.25) is 15.5 Å². The van der Waals surface area contributed by atoms with Gasteiger partial charge in [0.05, 0.1) is 24.6 Å². The van der Waals surface area contributed by atoms with Gasteiger partial charge in [0, 0.05) is 12.2 Å². The molecule has 0 bridgehead atoms. The molecule has 6 nitrogen and oxygen atoms in total. The molecule has 1 saturated carbocycles. The fourth-order valence-corrected chi connectivity index (χ4v) is 5.01. The number of hydrogen-bond acceptors (Lipinski definition) is 5. The molecule has 0 radical (unpaired) electrons. The maximum absolute atomic E-state index is 11.9. The third-order valence-electron chi connectivity index (χ3n) is 6.80. The van der Waals surface area contributed by atoms with E-state index in [1.54, 1.807) is 0 Å². The minimum absolute atomic E-state index is 0.0836. The van der Waals surface area contributed by atoms with Gasteiger partial charge < -0.3 is 15.4 Å². The van der Waals surface area contributed by atoms with E-state index in [-0.39, 0.29) is 18.1 Å². The highest BCUT2D eigenvalue weighted by atomic mass is 16.5. The van der Waals surface area contributed by atoms with Gasteiger partial charge in [0.25, 0.3) is 0 Å². The minimum Gasteiger partial charge on any atom is -0.469 e. The van der Waals surface area contributed by atoms with E-state index < -0.39 is 5.41 Å². The Hall–Kier alpha value is -1.82. The molecule has 4 N–H and O–H groups in total. The molecule has 0 aromatic rings. The second-order valence-corrected chi connectivity index (χ2v) is 8.58. The molecule has 2 fully saturated rings. The molecule has 1 aliphatic heterocycles. The van der Waals surface area contributed by atoms with Crippen molar-refractivity contribution in [3.8, 4) is 0 Å². The van der Waals surface area contributed by atoms with Crippen molar-refractivity contribution in [2.24, 2.45) is 17.3 Å². The van der Waals surface area contributed by atoms with Gasteiger partial charge in [0.2, 0.25) is 0 Å². The van der Waals surface area contributed by atoms with Gasteiger partial charge in [0.1, 0.15) is 5.84 Å². The Bertz CT molecular complexity index is 651. The molecule has 6 heteroatoms. The lowest BCUT2D eigenvalue weighted by Gasteiger charge is -2.33. The molecule has 3 atom stereocenters. The van der Waals surface area contributed by atoms with Crippen molar-refractivity contribution in [3.05, 3.63) is 23.4 Å². The first-order valence-electron chi connectivity index (χ1n) is 10.8. The number of rotatable bonds is 7. The summed E-state index contributed by atoms with van der Waals surface area (Å²) in [5.41, 5.74) is 1.56. The van der Waals surface area contributed by atoms with Crippen molar-refractivity contribution in [2.45, 2.75) is 64.5 Å². The Labute approximate surface area is 169 Å². The monoisotopic (exact) mass is 388 g/mol. The normalized spacial score (nSPS) is 30.0. The highest BCUT2D eigenvalue weighted by molar-refractivity contribution is 5.91. The van der Waals surface area contributed by atoms with Crippen LogP contribution in [0.3, 0.4) is 0 Å². The SMILES string of the molecule is CNC1NC2=CC(C(=O)OC)CC=C2C1(C)C(=N)NCCCC1CCCCC1. The van der Waals surface area contributed by atoms with Gasteiger partial charge in [-0.2, -0.15) is 0 Å². The summed E-state index contributed by atoms with van der Waals surface area (Å²) in [6.07, 6.45) is 13.9. The number of allylic oxidation sites excluding steroid dienone is 2. The zero-order valence-corrected chi connectivity index (χ0v) is 17.6. The molecule has 1 saturated heterocycles. The number of carbonyl (C=O) groups is 1. The first-order valence-corrected chi connectivity index (χ1v) is 10.8. The summed E-state index contributed by atoms with van der Waals surface area (Å²) < 4.78 is 4.90. The molecule has 3 unspecified atom stereocenters. The molecule has 3 aliphatic rings. The predicted molar refractivity (Wildman–Crippen MR) is 112 cm³/mol. The second-order valence-electron chi connectivity index (χ2n) is 8.58. The molecule has 0 aromatic heterocycles. The average molecular weight is 389 g/mol. The number of ether oxygens (including phenoxy) is 1. The summed E-state index contributed by atoms with van der Waals surface area (Å²) in [5, 5.41) is 18.9. The van der Waals surface area contributed by atoms with Gasteiger partial charge in [-0.15, -0.1) is 0 Å². The van der Waals surface area contributed by atoms with Crippen LogP contribution in [-0.4, -0.2) is 38.7 Å². The number of fused-ring (bicyclic) bond motifs is 1. The van der Waals surface area contributed by atoms with Crippen molar-refractivity contribution >= 4 is 11.8 Å². The number of amidine groups is 1. The Balaban J connectivity index is 1.60. The lowest BCUT2D eigenvalue weighted by Crippen LogP contribution is -2.53. The maximum Gasteiger partial charge on any atom is 0.312 e. The summed E-state index contributed by atoms with van der Waals surface area (Å²) in [7, 11) is 3.33. The first kappa shape index (κ1) is 20.9. The van der Waals surface area contributed by atoms with Crippen LogP contribution in [0.4, 0.5) is 0 Å². The molecule has 0 amide bonds. The Kier molecular flexibility index (Phi) is 6.81. The fourth-order valence-electron chi connectivity index (χ4n) is 5.01. The lowest BCUT2D eigenvalue weighted by molar-refractivity contribution is -0.143. The average Bonchev–Trinajstić information content (AvgIpc) is 3.03. The van der Waals surface area contributed by atoms with Gasteiger partial charge in [-0.05, 0) is 50.8 Å². The Morgan fingerprint density at radius 1 is 1.36 bits per heavy atom. The molecule has 3 rings (SSSR count). The van der Waals surface area contributed by atoms with Gasteiger partial charge in [-0.25, -0.2) is 0 Å². The van der Waals surface area contributed by atoms with Crippen molar-refractivity contribution < 1.29 is 9.53 Å². The zero-order valence-electron chi connectivity index (χ0n) is 17.6. The number of nitrogens with one attached hydrogen (secondary N) is 4. The topological polar surface area (TPSA) is 86.2 Å². The van der Waals surface area contributed by atoms with Crippen LogP contribution in [0.1, 0.15) is 58.3 Å². The summed E-state index contributed by atoms with van der Waals surface area (Å²) in [5.74, 6) is 0.947. The molecule has 0 spiro atoms. The maximum atomic E-state index is 11.9. The van der Waals surface area contributed by atoms with Crippen molar-refractivity contribution in [1.82, 2.24) is 16.0 Å². The molecule has 0 aromatic carbocycles. The third kappa shape index (κ3) is 4.12. The van der Waals surface area contributed by atoms with E-state index in [1.807, 2.05) is 13.1 Å². The van der Waals surface area contributed by atoms with Crippen LogP contribution in [0.2, 0.25) is 0 Å². The number of methoxy groups -OCH3 is 1. The van der Waals surface area contributed by atoms with Gasteiger partial charge in [-0.1, -0.05) is 38.2 Å². The van der Waals surface area contributed by atoms with E-state index in [9.17, 15) is 4.79 Å². The largest absolute Gasteiger partial charge is 0.469 e. The third-order valence-corrected chi connectivity index (χ3v) is 6.80. The molecular formula is C22H36N4O2. The second kappa shape index (κ2) is 9.12. The summed E-state index contributed by atoms with van der Waals surface area (Å²) >= 11 is 0. The van der Waals surface area contributed by atoms with E-state index in [0.717, 1.165) is 30.2 Å². The smallest absolute Gasteiger partial charge is 0.312 e. The van der Waals surface area contributed by atoms with Crippen LogP contribution in [0, 0.1) is 22.7 Å². The van der Waals surface area contributed by atoms with Crippen LogP contribution in [0.25, 0.3) is 0 Å². The Morgan fingerprint density at radius 2 is 2.11 bits per heavy atom. The van der Waals surface area contributed by atoms with Gasteiger partial charge >= 0.3 is 5.97 Å². The predicted octanol–water partition coefficient (Wildman–Crippen LogP) is 3.07. The Morgan fingerprint density at radius 3 is 2.79 bits per heavy atom. The van der Waals surface area contributed by atoms with Crippen LogP contribution in [0.15, 0.2) is 23.4 Å². The van der Waals surface area contributed by atoms with E-state index in [0.29, 0.717) is 12.3 Å². The molecule has 156 valence electrons. The van der Waals surface area contributed by atoms with E-state index in [2.05, 4.69) is 29.0 Å².